The van der Waals surface area contributed by atoms with Crippen LogP contribution in [-0.2, 0) is 4.79 Å². The van der Waals surface area contributed by atoms with Gasteiger partial charge in [0.25, 0.3) is 0 Å². The van der Waals surface area contributed by atoms with Crippen LogP contribution in [0, 0.1) is 5.92 Å². The minimum absolute atomic E-state index is 0.212. The number of carbonyl (C=O) groups excluding carboxylic acids is 1. The second-order valence-electron chi connectivity index (χ2n) is 5.88. The van der Waals surface area contributed by atoms with Crippen molar-refractivity contribution in [1.29, 1.82) is 0 Å². The molecule has 0 radical (unpaired) electrons. The highest BCUT2D eigenvalue weighted by atomic mass is 35.5. The van der Waals surface area contributed by atoms with Gasteiger partial charge in [-0.25, -0.2) is 0 Å². The van der Waals surface area contributed by atoms with E-state index in [1.165, 1.54) is 51.4 Å². The lowest BCUT2D eigenvalue weighted by atomic mass is 10.1. The number of carbonyl (C=O) groups is 1. The van der Waals surface area contributed by atoms with Crippen LogP contribution in [0.4, 0.5) is 0 Å². The van der Waals surface area contributed by atoms with Crippen LogP contribution in [0.1, 0.15) is 77.6 Å². The molecule has 19 heavy (non-hydrogen) atoms. The second kappa shape index (κ2) is 10.5. The fraction of sp³-hybridized carbons (Fsp3) is 0.938. The molecule has 0 bridgehead atoms. The van der Waals surface area contributed by atoms with Crippen molar-refractivity contribution in [3.05, 3.63) is 0 Å². The molecule has 1 fully saturated rings. The number of nitrogens with one attached hydrogen (secondary N) is 1. The summed E-state index contributed by atoms with van der Waals surface area (Å²) in [5.41, 5.74) is 0. The van der Waals surface area contributed by atoms with Crippen molar-refractivity contribution in [2.24, 2.45) is 5.92 Å². The molecule has 1 saturated carbocycles. The molecule has 112 valence electrons. The Hall–Kier alpha value is -0.240. The molecule has 1 rings (SSSR count). The topological polar surface area (TPSA) is 29.1 Å². The molecule has 0 aromatic heterocycles. The van der Waals surface area contributed by atoms with Crippen LogP contribution >= 0.6 is 11.6 Å². The number of unbranched alkanes of at least 4 members (excludes halogenated alkanes) is 6. The quantitative estimate of drug-likeness (QED) is 0.460. The third-order valence-electron chi connectivity index (χ3n) is 4.14. The van der Waals surface area contributed by atoms with Crippen molar-refractivity contribution in [3.8, 4) is 0 Å². The highest BCUT2D eigenvalue weighted by Crippen LogP contribution is 2.29. The molecule has 0 heterocycles. The van der Waals surface area contributed by atoms with E-state index >= 15 is 0 Å². The summed E-state index contributed by atoms with van der Waals surface area (Å²) in [7, 11) is 0. The van der Waals surface area contributed by atoms with Crippen LogP contribution in [0.25, 0.3) is 0 Å². The zero-order valence-corrected chi connectivity index (χ0v) is 13.2. The summed E-state index contributed by atoms with van der Waals surface area (Å²) in [5.74, 6) is 0.712. The molecule has 0 saturated heterocycles. The van der Waals surface area contributed by atoms with Crippen LogP contribution in [-0.4, -0.2) is 17.8 Å². The number of halogens is 1. The van der Waals surface area contributed by atoms with Crippen LogP contribution in [0.2, 0.25) is 0 Å². The highest BCUT2D eigenvalue weighted by Gasteiger charge is 2.25. The number of alkyl halides is 1. The van der Waals surface area contributed by atoms with Gasteiger partial charge in [0, 0.05) is 18.3 Å². The third kappa shape index (κ3) is 7.81. The van der Waals surface area contributed by atoms with Crippen molar-refractivity contribution in [2.75, 3.05) is 6.54 Å². The van der Waals surface area contributed by atoms with Crippen LogP contribution in [0.3, 0.4) is 0 Å². The largest absolute Gasteiger partial charge is 0.356 e. The van der Waals surface area contributed by atoms with Gasteiger partial charge in [-0.1, -0.05) is 51.9 Å². The van der Waals surface area contributed by atoms with Gasteiger partial charge in [-0.2, -0.15) is 0 Å². The minimum Gasteiger partial charge on any atom is -0.356 e. The maximum atomic E-state index is 11.7. The molecule has 0 aromatic rings. The standard InChI is InChI=1S/C16H30ClNO/c1-2-3-4-5-6-7-8-12-16(19)18-13-14-10-9-11-15(14)17/h14-15H,2-13H2,1H3,(H,18,19). The number of amides is 1. The first kappa shape index (κ1) is 16.8. The van der Waals surface area contributed by atoms with E-state index in [4.69, 9.17) is 11.6 Å². The molecule has 2 nitrogen and oxygen atoms in total. The summed E-state index contributed by atoms with van der Waals surface area (Å²) >= 11 is 6.20. The molecule has 2 atom stereocenters. The molecule has 0 spiro atoms. The summed E-state index contributed by atoms with van der Waals surface area (Å²) in [4.78, 5) is 11.7. The smallest absolute Gasteiger partial charge is 0.220 e. The second-order valence-corrected chi connectivity index (χ2v) is 6.44. The molecule has 3 heteroatoms. The van der Waals surface area contributed by atoms with Gasteiger partial charge in [-0.3, -0.25) is 4.79 Å². The predicted molar refractivity (Wildman–Crippen MR) is 82.6 cm³/mol. The molecule has 1 aliphatic carbocycles. The Labute approximate surface area is 123 Å². The fourth-order valence-corrected chi connectivity index (χ4v) is 3.17. The normalized spacial score (nSPS) is 22.6. The lowest BCUT2D eigenvalue weighted by molar-refractivity contribution is -0.121. The van der Waals surface area contributed by atoms with Gasteiger partial charge in [-0.05, 0) is 25.2 Å². The van der Waals surface area contributed by atoms with E-state index in [9.17, 15) is 4.79 Å². The van der Waals surface area contributed by atoms with E-state index in [0.717, 1.165) is 19.4 Å². The summed E-state index contributed by atoms with van der Waals surface area (Å²) in [6, 6.07) is 0. The van der Waals surface area contributed by atoms with Crippen LogP contribution < -0.4 is 5.32 Å². The SMILES string of the molecule is CCCCCCCCCC(=O)NCC1CCCC1Cl. The van der Waals surface area contributed by atoms with E-state index in [0.29, 0.717) is 12.3 Å². The molecule has 0 aromatic carbocycles. The lowest BCUT2D eigenvalue weighted by Crippen LogP contribution is -2.30. The van der Waals surface area contributed by atoms with E-state index in [-0.39, 0.29) is 11.3 Å². The Morgan fingerprint density at radius 1 is 1.11 bits per heavy atom. The minimum atomic E-state index is 0.212. The molecule has 1 aliphatic rings. The van der Waals surface area contributed by atoms with Crippen molar-refractivity contribution in [2.45, 2.75) is 82.9 Å². The number of rotatable bonds is 10. The maximum absolute atomic E-state index is 11.7. The average molecular weight is 288 g/mol. The highest BCUT2D eigenvalue weighted by molar-refractivity contribution is 6.20. The maximum Gasteiger partial charge on any atom is 0.220 e. The Morgan fingerprint density at radius 3 is 2.42 bits per heavy atom. The summed E-state index contributed by atoms with van der Waals surface area (Å²) in [5, 5.41) is 3.32. The van der Waals surface area contributed by atoms with Gasteiger partial charge in [0.15, 0.2) is 0 Å². The molecule has 2 unspecified atom stereocenters. The number of hydrogen-bond donors (Lipinski definition) is 1. The third-order valence-corrected chi connectivity index (χ3v) is 4.71. The van der Waals surface area contributed by atoms with Gasteiger partial charge in [0.1, 0.15) is 0 Å². The Bertz CT molecular complexity index is 245. The monoisotopic (exact) mass is 287 g/mol. The average Bonchev–Trinajstić information content (AvgIpc) is 2.81. The Kier molecular flexibility index (Phi) is 9.32. The fourth-order valence-electron chi connectivity index (χ4n) is 2.80. The summed E-state index contributed by atoms with van der Waals surface area (Å²) in [6.45, 7) is 3.02. The van der Waals surface area contributed by atoms with Gasteiger partial charge in [-0.15, -0.1) is 11.6 Å². The lowest BCUT2D eigenvalue weighted by Gasteiger charge is -2.14. The van der Waals surface area contributed by atoms with E-state index in [1.54, 1.807) is 0 Å². The van der Waals surface area contributed by atoms with Crippen LogP contribution in [0.15, 0.2) is 0 Å². The van der Waals surface area contributed by atoms with E-state index in [1.807, 2.05) is 0 Å². The first-order valence-corrected chi connectivity index (χ1v) is 8.58. The molecule has 0 aliphatic heterocycles. The van der Waals surface area contributed by atoms with E-state index in [2.05, 4.69) is 12.2 Å². The summed E-state index contributed by atoms with van der Waals surface area (Å²) in [6.07, 6.45) is 13.0. The van der Waals surface area contributed by atoms with Crippen LogP contribution in [0.5, 0.6) is 0 Å². The van der Waals surface area contributed by atoms with Crippen molar-refractivity contribution in [3.63, 3.8) is 0 Å². The van der Waals surface area contributed by atoms with Crippen molar-refractivity contribution >= 4 is 17.5 Å². The Morgan fingerprint density at radius 2 is 1.79 bits per heavy atom. The zero-order valence-electron chi connectivity index (χ0n) is 12.4. The van der Waals surface area contributed by atoms with Crippen molar-refractivity contribution < 1.29 is 4.79 Å². The molecular formula is C16H30ClNO. The zero-order chi connectivity index (χ0) is 13.9. The van der Waals surface area contributed by atoms with Gasteiger partial charge < -0.3 is 5.32 Å². The molecular weight excluding hydrogens is 258 g/mol. The Balaban J connectivity index is 1.90. The van der Waals surface area contributed by atoms with Gasteiger partial charge >= 0.3 is 0 Å². The first-order chi connectivity index (χ1) is 9.24. The van der Waals surface area contributed by atoms with Gasteiger partial charge in [0.2, 0.25) is 5.91 Å². The van der Waals surface area contributed by atoms with E-state index < -0.39 is 0 Å². The predicted octanol–water partition coefficient (Wildman–Crippen LogP) is 4.65. The number of hydrogen-bond acceptors (Lipinski definition) is 1. The molecule has 1 N–H and O–H groups in total. The van der Waals surface area contributed by atoms with Crippen molar-refractivity contribution in [1.82, 2.24) is 5.32 Å². The molecule has 1 amide bonds. The summed E-state index contributed by atoms with van der Waals surface area (Å²) < 4.78 is 0. The first-order valence-electron chi connectivity index (χ1n) is 8.14. The van der Waals surface area contributed by atoms with Gasteiger partial charge in [0.05, 0.1) is 0 Å².